The largest absolute Gasteiger partial charge is 0.497 e. The summed E-state index contributed by atoms with van der Waals surface area (Å²) in [6.45, 7) is 6.63. The fourth-order valence-electron chi connectivity index (χ4n) is 2.11. The van der Waals surface area contributed by atoms with E-state index in [0.29, 0.717) is 0 Å². The van der Waals surface area contributed by atoms with Crippen LogP contribution in [0, 0.1) is 5.92 Å². The first-order chi connectivity index (χ1) is 8.80. The van der Waals surface area contributed by atoms with E-state index in [2.05, 4.69) is 31.3 Å². The highest BCUT2D eigenvalue weighted by molar-refractivity contribution is 5.26. The minimum Gasteiger partial charge on any atom is -0.497 e. The number of methoxy groups -OCH3 is 1. The molecule has 0 bridgehead atoms. The van der Waals surface area contributed by atoms with Crippen LogP contribution in [-0.2, 0) is 6.54 Å². The zero-order chi connectivity index (χ0) is 13.2. The summed E-state index contributed by atoms with van der Waals surface area (Å²) in [5, 5.41) is 3.56. The van der Waals surface area contributed by atoms with Gasteiger partial charge in [0, 0.05) is 6.54 Å². The maximum absolute atomic E-state index is 5.15. The smallest absolute Gasteiger partial charge is 0.118 e. The van der Waals surface area contributed by atoms with Gasteiger partial charge >= 0.3 is 0 Å². The van der Waals surface area contributed by atoms with Crippen molar-refractivity contribution in [2.75, 3.05) is 13.7 Å². The number of benzene rings is 1. The van der Waals surface area contributed by atoms with E-state index in [1.54, 1.807) is 7.11 Å². The van der Waals surface area contributed by atoms with Crippen molar-refractivity contribution < 1.29 is 4.74 Å². The molecule has 18 heavy (non-hydrogen) atoms. The molecule has 0 aliphatic heterocycles. The van der Waals surface area contributed by atoms with Crippen LogP contribution in [0.3, 0.4) is 0 Å². The number of nitrogens with one attached hydrogen (secondary N) is 1. The highest BCUT2D eigenvalue weighted by atomic mass is 16.5. The van der Waals surface area contributed by atoms with Crippen LogP contribution in [-0.4, -0.2) is 13.7 Å². The van der Waals surface area contributed by atoms with Gasteiger partial charge in [-0.2, -0.15) is 0 Å². The second kappa shape index (κ2) is 8.98. The lowest BCUT2D eigenvalue weighted by Gasteiger charge is -2.15. The van der Waals surface area contributed by atoms with Gasteiger partial charge in [-0.05, 0) is 36.6 Å². The van der Waals surface area contributed by atoms with E-state index < -0.39 is 0 Å². The lowest BCUT2D eigenvalue weighted by molar-refractivity contribution is 0.413. The van der Waals surface area contributed by atoms with Gasteiger partial charge in [0.05, 0.1) is 7.11 Å². The van der Waals surface area contributed by atoms with Crippen molar-refractivity contribution in [3.8, 4) is 5.75 Å². The highest BCUT2D eigenvalue weighted by Crippen LogP contribution is 2.13. The van der Waals surface area contributed by atoms with E-state index in [1.165, 1.54) is 31.2 Å². The van der Waals surface area contributed by atoms with Crippen molar-refractivity contribution in [2.24, 2.45) is 5.92 Å². The first-order valence-electron chi connectivity index (χ1n) is 7.13. The van der Waals surface area contributed by atoms with Gasteiger partial charge in [-0.15, -0.1) is 0 Å². The van der Waals surface area contributed by atoms with Gasteiger partial charge in [0.15, 0.2) is 0 Å². The molecule has 1 rings (SSSR count). The average Bonchev–Trinajstić information content (AvgIpc) is 2.43. The maximum atomic E-state index is 5.15. The molecule has 0 radical (unpaired) electrons. The van der Waals surface area contributed by atoms with Gasteiger partial charge in [0.25, 0.3) is 0 Å². The van der Waals surface area contributed by atoms with Crippen molar-refractivity contribution in [1.82, 2.24) is 5.32 Å². The van der Waals surface area contributed by atoms with Crippen molar-refractivity contribution in [3.63, 3.8) is 0 Å². The molecular weight excluding hydrogens is 222 g/mol. The number of unbranched alkanes of at least 4 members (excludes halogenated alkanes) is 1. The third-order valence-electron chi connectivity index (χ3n) is 3.46. The van der Waals surface area contributed by atoms with Crippen molar-refractivity contribution in [2.45, 2.75) is 46.1 Å². The molecule has 0 saturated heterocycles. The third-order valence-corrected chi connectivity index (χ3v) is 3.46. The lowest BCUT2D eigenvalue weighted by atomic mass is 9.99. The van der Waals surface area contributed by atoms with Crippen LogP contribution in [0.4, 0.5) is 0 Å². The average molecular weight is 249 g/mol. The highest BCUT2D eigenvalue weighted by Gasteiger charge is 2.04. The molecule has 0 aromatic heterocycles. The summed E-state index contributed by atoms with van der Waals surface area (Å²) < 4.78 is 5.15. The summed E-state index contributed by atoms with van der Waals surface area (Å²) in [7, 11) is 1.70. The standard InChI is InChI=1S/C16H27NO/c1-4-6-7-14(5-2)12-17-13-15-8-10-16(18-3)11-9-15/h8-11,14,17H,4-7,12-13H2,1-3H3. The Bertz CT molecular complexity index is 307. The molecule has 0 heterocycles. The Morgan fingerprint density at radius 2 is 1.89 bits per heavy atom. The van der Waals surface area contributed by atoms with E-state index in [-0.39, 0.29) is 0 Å². The Balaban J connectivity index is 2.26. The first kappa shape index (κ1) is 15.0. The van der Waals surface area contributed by atoms with Crippen LogP contribution < -0.4 is 10.1 Å². The van der Waals surface area contributed by atoms with E-state index in [9.17, 15) is 0 Å². The number of rotatable bonds is 9. The Kier molecular flexibility index (Phi) is 7.51. The minimum atomic E-state index is 0.822. The summed E-state index contributed by atoms with van der Waals surface area (Å²) in [5.41, 5.74) is 1.32. The molecule has 0 saturated carbocycles. The van der Waals surface area contributed by atoms with Gasteiger partial charge in [-0.1, -0.05) is 45.2 Å². The predicted molar refractivity (Wildman–Crippen MR) is 78.0 cm³/mol. The summed E-state index contributed by atoms with van der Waals surface area (Å²) in [4.78, 5) is 0. The fourth-order valence-corrected chi connectivity index (χ4v) is 2.11. The Hall–Kier alpha value is -1.02. The van der Waals surface area contributed by atoms with Gasteiger partial charge in [-0.3, -0.25) is 0 Å². The molecule has 0 amide bonds. The number of hydrogen-bond donors (Lipinski definition) is 1. The first-order valence-corrected chi connectivity index (χ1v) is 7.13. The van der Waals surface area contributed by atoms with E-state index in [1.807, 2.05) is 12.1 Å². The summed E-state index contributed by atoms with van der Waals surface area (Å²) in [5.74, 6) is 1.75. The summed E-state index contributed by atoms with van der Waals surface area (Å²) in [6, 6.07) is 8.29. The van der Waals surface area contributed by atoms with Crippen LogP contribution in [0.15, 0.2) is 24.3 Å². The molecule has 102 valence electrons. The maximum Gasteiger partial charge on any atom is 0.118 e. The van der Waals surface area contributed by atoms with Crippen molar-refractivity contribution >= 4 is 0 Å². The van der Waals surface area contributed by atoms with Gasteiger partial charge in [0.2, 0.25) is 0 Å². The Morgan fingerprint density at radius 3 is 2.44 bits per heavy atom. The Morgan fingerprint density at radius 1 is 1.17 bits per heavy atom. The molecule has 2 nitrogen and oxygen atoms in total. The van der Waals surface area contributed by atoms with E-state index in [4.69, 9.17) is 4.74 Å². The van der Waals surface area contributed by atoms with E-state index >= 15 is 0 Å². The summed E-state index contributed by atoms with van der Waals surface area (Å²) in [6.07, 6.45) is 5.27. The van der Waals surface area contributed by atoms with Gasteiger partial charge in [0.1, 0.15) is 5.75 Å². The molecule has 0 fully saturated rings. The molecule has 0 aliphatic carbocycles. The lowest BCUT2D eigenvalue weighted by Crippen LogP contribution is -2.22. The monoisotopic (exact) mass is 249 g/mol. The third kappa shape index (κ3) is 5.54. The SMILES string of the molecule is CCCCC(CC)CNCc1ccc(OC)cc1. The molecular formula is C16H27NO. The fraction of sp³-hybridized carbons (Fsp3) is 0.625. The molecule has 2 heteroatoms. The van der Waals surface area contributed by atoms with Crippen LogP contribution in [0.2, 0.25) is 0 Å². The van der Waals surface area contributed by atoms with Gasteiger partial charge < -0.3 is 10.1 Å². The number of hydrogen-bond acceptors (Lipinski definition) is 2. The van der Waals surface area contributed by atoms with Crippen molar-refractivity contribution in [1.29, 1.82) is 0 Å². The molecule has 1 N–H and O–H groups in total. The molecule has 0 aliphatic rings. The molecule has 1 aromatic carbocycles. The van der Waals surface area contributed by atoms with Crippen LogP contribution in [0.1, 0.15) is 45.1 Å². The topological polar surface area (TPSA) is 21.3 Å². The Labute approximate surface area is 112 Å². The molecule has 1 unspecified atom stereocenters. The summed E-state index contributed by atoms with van der Waals surface area (Å²) >= 11 is 0. The zero-order valence-corrected chi connectivity index (χ0v) is 12.0. The van der Waals surface area contributed by atoms with Crippen molar-refractivity contribution in [3.05, 3.63) is 29.8 Å². The molecule has 0 spiro atoms. The second-order valence-electron chi connectivity index (χ2n) is 4.90. The van der Waals surface area contributed by atoms with E-state index in [0.717, 1.165) is 24.8 Å². The predicted octanol–water partition coefficient (Wildman–Crippen LogP) is 4.00. The van der Waals surface area contributed by atoms with Crippen LogP contribution in [0.25, 0.3) is 0 Å². The van der Waals surface area contributed by atoms with Crippen LogP contribution in [0.5, 0.6) is 5.75 Å². The second-order valence-corrected chi connectivity index (χ2v) is 4.90. The number of ether oxygens (including phenoxy) is 1. The normalized spacial score (nSPS) is 12.4. The minimum absolute atomic E-state index is 0.822. The van der Waals surface area contributed by atoms with Crippen LogP contribution >= 0.6 is 0 Å². The zero-order valence-electron chi connectivity index (χ0n) is 12.0. The molecule has 1 atom stereocenters. The molecule has 1 aromatic rings. The van der Waals surface area contributed by atoms with Gasteiger partial charge in [-0.25, -0.2) is 0 Å². The quantitative estimate of drug-likeness (QED) is 0.714.